The number of aromatic nitrogens is 3. The van der Waals surface area contributed by atoms with Crippen LogP contribution < -0.4 is 0 Å². The van der Waals surface area contributed by atoms with Crippen molar-refractivity contribution in [2.45, 2.75) is 37.3 Å². The van der Waals surface area contributed by atoms with Crippen LogP contribution in [0.5, 0.6) is 0 Å². The Morgan fingerprint density at radius 3 is 2.38 bits per heavy atom. The maximum atomic E-state index is 13.6. The van der Waals surface area contributed by atoms with Gasteiger partial charge in [-0.05, 0) is 42.0 Å². The van der Waals surface area contributed by atoms with E-state index in [1.54, 1.807) is 24.3 Å². The van der Waals surface area contributed by atoms with Crippen molar-refractivity contribution in [2.75, 3.05) is 0 Å². The molecule has 1 fully saturated rings. The number of benzene rings is 2. The van der Waals surface area contributed by atoms with Crippen molar-refractivity contribution >= 4 is 28.9 Å². The topological polar surface area (TPSA) is 110 Å². The van der Waals surface area contributed by atoms with E-state index in [0.29, 0.717) is 10.6 Å². The maximum Gasteiger partial charge on any atom is 0.194 e. The number of nitrogens with zero attached hydrogens (tertiary/aromatic N) is 3. The fraction of sp³-hybridized carbons (Fsp3) is 0.286. The molecule has 13 heteroatoms. The molecule has 1 aliphatic rings. The van der Waals surface area contributed by atoms with Gasteiger partial charge in [-0.25, -0.2) is 17.9 Å². The van der Waals surface area contributed by atoms with E-state index in [0.717, 1.165) is 16.8 Å². The first-order chi connectivity index (χ1) is 16.2. The van der Waals surface area contributed by atoms with Gasteiger partial charge in [-0.15, -0.1) is 5.10 Å². The molecule has 0 bridgehead atoms. The number of hydrogen-bond acceptors (Lipinski definition) is 7. The zero-order chi connectivity index (χ0) is 24.6. The Labute approximate surface area is 201 Å². The first-order valence-corrected chi connectivity index (χ1v) is 10.6. The predicted molar refractivity (Wildman–Crippen MR) is 117 cm³/mol. The van der Waals surface area contributed by atoms with Crippen molar-refractivity contribution in [3.8, 4) is 11.3 Å². The van der Waals surface area contributed by atoms with Gasteiger partial charge in [0.2, 0.25) is 0 Å². The lowest BCUT2D eigenvalue weighted by molar-refractivity contribution is -0.273. The summed E-state index contributed by atoms with van der Waals surface area (Å²) in [5, 5.41) is 38.8. The molecule has 180 valence electrons. The van der Waals surface area contributed by atoms with E-state index in [1.165, 1.54) is 6.20 Å². The summed E-state index contributed by atoms with van der Waals surface area (Å²) in [4.78, 5) is 0. The molecule has 8 nitrogen and oxygen atoms in total. The monoisotopic (exact) mass is 515 g/mol. The molecule has 3 aromatic rings. The zero-order valence-corrected chi connectivity index (χ0v) is 18.6. The summed E-state index contributed by atoms with van der Waals surface area (Å²) in [6, 6.07) is 6.87. The predicted octanol–water partition coefficient (Wildman–Crippen LogP) is 3.11. The summed E-state index contributed by atoms with van der Waals surface area (Å²) in [5.74, 6) is -4.47. The van der Waals surface area contributed by atoms with E-state index in [4.69, 9.17) is 33.3 Å². The highest BCUT2D eigenvalue weighted by Gasteiger charge is 2.48. The van der Waals surface area contributed by atoms with E-state index in [-0.39, 0.29) is 17.9 Å². The minimum atomic E-state index is -1.63. The molecule has 34 heavy (non-hydrogen) atoms. The van der Waals surface area contributed by atoms with Crippen molar-refractivity contribution in [2.24, 2.45) is 0 Å². The Hall–Kier alpha value is -2.61. The first-order valence-electron chi connectivity index (χ1n) is 9.83. The van der Waals surface area contributed by atoms with Crippen LogP contribution in [0.3, 0.4) is 0 Å². The van der Waals surface area contributed by atoms with Crippen molar-refractivity contribution < 1.29 is 38.0 Å². The SMILES string of the molecule is OC(=S)[C@H]1O[C@H](OCc2ccc(Cl)cc2)[C@H](O)[C@@H](n2cc(-c3cc(F)c(F)c(F)c3)nn2)[C@H]1O. The minimum Gasteiger partial charge on any atom is -0.500 e. The molecule has 1 saturated heterocycles. The number of hydrogen-bond donors (Lipinski definition) is 3. The smallest absolute Gasteiger partial charge is 0.194 e. The van der Waals surface area contributed by atoms with E-state index in [2.05, 4.69) is 10.3 Å². The normalized spacial score (nSPS) is 24.8. The second-order valence-corrected chi connectivity index (χ2v) is 8.36. The van der Waals surface area contributed by atoms with E-state index in [1.807, 2.05) is 0 Å². The number of halogens is 4. The molecule has 1 aromatic heterocycles. The Morgan fingerprint density at radius 1 is 1.12 bits per heavy atom. The number of thiocarbonyl (C=S) groups is 1. The standard InChI is InChI=1S/C21H17ClF3N3O5S/c22-11-3-1-9(2-4-11)8-32-21-18(30)16(17(29)19(33-21)20(31)34)28-7-14(26-27-28)10-5-12(23)15(25)13(24)6-10/h1-7,16-19,21,29-30H,8H2,(H,31,34)/t16-,17+,18+,19-,21-/m0/s1. The highest BCUT2D eigenvalue weighted by molar-refractivity contribution is 7.80. The molecular weight excluding hydrogens is 499 g/mol. The minimum absolute atomic E-state index is 0.0106. The summed E-state index contributed by atoms with van der Waals surface area (Å²) >= 11 is 10.6. The Bertz CT molecular complexity index is 1180. The quantitative estimate of drug-likeness (QED) is 0.339. The zero-order valence-electron chi connectivity index (χ0n) is 17.1. The van der Waals surface area contributed by atoms with E-state index < -0.39 is 53.1 Å². The highest BCUT2D eigenvalue weighted by Crippen LogP contribution is 2.32. The Morgan fingerprint density at radius 2 is 1.76 bits per heavy atom. The van der Waals surface area contributed by atoms with Crippen molar-refractivity contribution in [3.05, 3.63) is 70.6 Å². The summed E-state index contributed by atoms with van der Waals surface area (Å²) < 4.78 is 52.6. The molecule has 0 spiro atoms. The molecule has 2 heterocycles. The largest absolute Gasteiger partial charge is 0.500 e. The van der Waals surface area contributed by atoms with Crippen LogP contribution in [-0.4, -0.2) is 60.0 Å². The molecular formula is C21H17ClF3N3O5S. The Balaban J connectivity index is 1.60. The summed E-state index contributed by atoms with van der Waals surface area (Å²) in [6.07, 6.45) is -4.70. The van der Waals surface area contributed by atoms with Crippen LogP contribution in [0.1, 0.15) is 11.6 Å². The van der Waals surface area contributed by atoms with Crippen LogP contribution in [-0.2, 0) is 16.1 Å². The van der Waals surface area contributed by atoms with E-state index in [9.17, 15) is 28.5 Å². The van der Waals surface area contributed by atoms with E-state index >= 15 is 0 Å². The van der Waals surface area contributed by atoms with Gasteiger partial charge in [0.05, 0.1) is 12.8 Å². The average Bonchev–Trinajstić information content (AvgIpc) is 3.27. The van der Waals surface area contributed by atoms with Crippen LogP contribution in [0, 0.1) is 17.5 Å². The van der Waals surface area contributed by atoms with Gasteiger partial charge in [0.15, 0.2) is 34.9 Å². The lowest BCUT2D eigenvalue weighted by Gasteiger charge is -2.41. The summed E-state index contributed by atoms with van der Waals surface area (Å²) in [7, 11) is 0. The third-order valence-corrected chi connectivity index (χ3v) is 5.72. The molecule has 2 aromatic carbocycles. The van der Waals surface area contributed by atoms with Crippen LogP contribution in [0.25, 0.3) is 11.3 Å². The molecule has 0 saturated carbocycles. The number of ether oxygens (including phenoxy) is 2. The number of aliphatic hydroxyl groups is 3. The third-order valence-electron chi connectivity index (χ3n) is 5.24. The van der Waals surface area contributed by atoms with Gasteiger partial charge in [-0.3, -0.25) is 0 Å². The molecule has 1 aliphatic heterocycles. The van der Waals surface area contributed by atoms with Crippen molar-refractivity contribution in [3.63, 3.8) is 0 Å². The molecule has 3 N–H and O–H groups in total. The van der Waals surface area contributed by atoms with Gasteiger partial charge in [0, 0.05) is 10.6 Å². The lowest BCUT2D eigenvalue weighted by Crippen LogP contribution is -2.57. The van der Waals surface area contributed by atoms with Crippen LogP contribution in [0.2, 0.25) is 5.02 Å². The molecule has 0 aliphatic carbocycles. The summed E-state index contributed by atoms with van der Waals surface area (Å²) in [6.45, 7) is -0.0106. The highest BCUT2D eigenvalue weighted by atomic mass is 35.5. The average molecular weight is 516 g/mol. The fourth-order valence-electron chi connectivity index (χ4n) is 3.52. The van der Waals surface area contributed by atoms with Gasteiger partial charge in [-0.2, -0.15) is 0 Å². The number of aliphatic hydroxyl groups excluding tert-OH is 3. The van der Waals surface area contributed by atoms with Crippen molar-refractivity contribution in [1.29, 1.82) is 0 Å². The third kappa shape index (κ3) is 4.92. The Kier molecular flexibility index (Phi) is 7.17. The number of rotatable bonds is 6. The second-order valence-electron chi connectivity index (χ2n) is 7.51. The van der Waals surface area contributed by atoms with Gasteiger partial charge < -0.3 is 24.8 Å². The fourth-order valence-corrected chi connectivity index (χ4v) is 3.84. The van der Waals surface area contributed by atoms with Crippen LogP contribution in [0.4, 0.5) is 13.2 Å². The van der Waals surface area contributed by atoms with Gasteiger partial charge in [0.1, 0.15) is 23.9 Å². The van der Waals surface area contributed by atoms with Gasteiger partial charge >= 0.3 is 0 Å². The second kappa shape index (κ2) is 9.94. The molecule has 4 rings (SSSR count). The van der Waals surface area contributed by atoms with Crippen LogP contribution >= 0.6 is 23.8 Å². The van der Waals surface area contributed by atoms with Gasteiger partial charge in [0.25, 0.3) is 0 Å². The maximum absolute atomic E-state index is 13.6. The van der Waals surface area contributed by atoms with Crippen molar-refractivity contribution in [1.82, 2.24) is 15.0 Å². The molecule has 0 unspecified atom stereocenters. The lowest BCUT2D eigenvalue weighted by atomic mass is 9.96. The van der Waals surface area contributed by atoms with Crippen LogP contribution in [0.15, 0.2) is 42.6 Å². The molecule has 0 amide bonds. The summed E-state index contributed by atoms with van der Waals surface area (Å²) in [5.41, 5.74) is 0.517. The first kappa shape index (κ1) is 24.5. The van der Waals surface area contributed by atoms with Gasteiger partial charge in [-0.1, -0.05) is 28.9 Å². The molecule has 5 atom stereocenters. The molecule has 0 radical (unpaired) electrons.